The molecule has 0 fully saturated rings. The summed E-state index contributed by atoms with van der Waals surface area (Å²) in [6.07, 6.45) is -1.06. The number of anilines is 1. The van der Waals surface area contributed by atoms with Gasteiger partial charge >= 0.3 is 12.0 Å². The Bertz CT molecular complexity index is 775. The maximum atomic E-state index is 12.5. The van der Waals surface area contributed by atoms with Gasteiger partial charge in [0.25, 0.3) is 5.91 Å². The molecule has 0 saturated carbocycles. The van der Waals surface area contributed by atoms with Crippen molar-refractivity contribution in [1.29, 1.82) is 0 Å². The van der Waals surface area contributed by atoms with Gasteiger partial charge in [-0.3, -0.25) is 4.79 Å². The number of rotatable bonds is 5. The molecule has 130 valence electrons. The fourth-order valence-electron chi connectivity index (χ4n) is 2.16. The molecule has 0 aliphatic rings. The van der Waals surface area contributed by atoms with Gasteiger partial charge in [-0.25, -0.2) is 9.59 Å². The number of nitrogens with two attached hydrogens (primary N) is 1. The lowest BCUT2D eigenvalue weighted by atomic mass is 10.1. The molecule has 7 nitrogen and oxygen atoms in total. The molecule has 3 amide bonds. The molecule has 0 aliphatic heterocycles. The molecule has 0 saturated heterocycles. The van der Waals surface area contributed by atoms with Crippen molar-refractivity contribution >= 4 is 23.6 Å². The highest BCUT2D eigenvalue weighted by Crippen LogP contribution is 2.22. The fourth-order valence-corrected chi connectivity index (χ4v) is 2.16. The second kappa shape index (κ2) is 7.96. The maximum Gasteiger partial charge on any atom is 0.339 e. The predicted octanol–water partition coefficient (Wildman–Crippen LogP) is 2.16. The van der Waals surface area contributed by atoms with Crippen LogP contribution in [-0.4, -0.2) is 36.9 Å². The molecule has 2 rings (SSSR count). The number of benzene rings is 2. The third-order valence-corrected chi connectivity index (χ3v) is 3.36. The summed E-state index contributed by atoms with van der Waals surface area (Å²) in [5, 5.41) is 2.38. The quantitative estimate of drug-likeness (QED) is 0.814. The van der Waals surface area contributed by atoms with Gasteiger partial charge in [0.05, 0.1) is 5.56 Å². The Morgan fingerprint density at radius 1 is 1.04 bits per heavy atom. The SMILES string of the molecule is CN(C)C(=O)[C@H](OC(=O)c1cccc(NC(N)=O)c1)c1ccccc1. The summed E-state index contributed by atoms with van der Waals surface area (Å²) in [5.74, 6) is -1.04. The first-order valence-electron chi connectivity index (χ1n) is 7.52. The number of carbonyl (C=O) groups excluding carboxylic acids is 3. The van der Waals surface area contributed by atoms with Crippen LogP contribution in [0.2, 0.25) is 0 Å². The second-order valence-corrected chi connectivity index (χ2v) is 5.50. The first-order chi connectivity index (χ1) is 11.9. The number of likely N-dealkylation sites (N-methyl/N-ethyl adjacent to an activating group) is 1. The lowest BCUT2D eigenvalue weighted by Gasteiger charge is -2.21. The summed E-state index contributed by atoms with van der Waals surface area (Å²) in [6, 6.07) is 14.1. The first-order valence-corrected chi connectivity index (χ1v) is 7.52. The molecule has 0 radical (unpaired) electrons. The minimum absolute atomic E-state index is 0.193. The van der Waals surface area contributed by atoms with Crippen LogP contribution >= 0.6 is 0 Å². The van der Waals surface area contributed by atoms with Crippen molar-refractivity contribution in [2.24, 2.45) is 5.73 Å². The molecule has 0 unspecified atom stereocenters. The fraction of sp³-hybridized carbons (Fsp3) is 0.167. The minimum Gasteiger partial charge on any atom is -0.444 e. The van der Waals surface area contributed by atoms with E-state index in [1.54, 1.807) is 50.5 Å². The van der Waals surface area contributed by atoms with E-state index in [1.807, 2.05) is 6.07 Å². The summed E-state index contributed by atoms with van der Waals surface area (Å²) in [5.41, 5.74) is 6.19. The number of nitrogens with zero attached hydrogens (tertiary/aromatic N) is 1. The molecular weight excluding hydrogens is 322 g/mol. The Labute approximate surface area is 145 Å². The Morgan fingerprint density at radius 2 is 1.72 bits per heavy atom. The van der Waals surface area contributed by atoms with Gasteiger partial charge < -0.3 is 20.7 Å². The highest BCUT2D eigenvalue weighted by atomic mass is 16.5. The van der Waals surface area contributed by atoms with E-state index in [-0.39, 0.29) is 11.5 Å². The van der Waals surface area contributed by atoms with Gasteiger partial charge in [-0.1, -0.05) is 36.4 Å². The number of hydrogen-bond acceptors (Lipinski definition) is 4. The zero-order valence-corrected chi connectivity index (χ0v) is 13.9. The monoisotopic (exact) mass is 341 g/mol. The molecule has 0 aromatic heterocycles. The Hall–Kier alpha value is -3.35. The van der Waals surface area contributed by atoms with Crippen LogP contribution in [0.1, 0.15) is 22.0 Å². The van der Waals surface area contributed by atoms with Crippen LogP contribution < -0.4 is 11.1 Å². The summed E-state index contributed by atoms with van der Waals surface area (Å²) < 4.78 is 5.43. The van der Waals surface area contributed by atoms with Gasteiger partial charge in [0.2, 0.25) is 6.10 Å². The van der Waals surface area contributed by atoms with E-state index in [4.69, 9.17) is 10.5 Å². The van der Waals surface area contributed by atoms with E-state index in [9.17, 15) is 14.4 Å². The number of esters is 1. The van der Waals surface area contributed by atoms with E-state index >= 15 is 0 Å². The van der Waals surface area contributed by atoms with Gasteiger partial charge in [-0.05, 0) is 18.2 Å². The van der Waals surface area contributed by atoms with E-state index in [0.29, 0.717) is 11.3 Å². The molecule has 0 bridgehead atoms. The maximum absolute atomic E-state index is 12.5. The molecule has 3 N–H and O–H groups in total. The molecule has 1 atom stereocenters. The van der Waals surface area contributed by atoms with Crippen LogP contribution in [0.4, 0.5) is 10.5 Å². The Balaban J connectivity index is 2.25. The van der Waals surface area contributed by atoms with Crippen LogP contribution in [0.25, 0.3) is 0 Å². The molecule has 7 heteroatoms. The number of ether oxygens (including phenoxy) is 1. The molecular formula is C18H19N3O4. The van der Waals surface area contributed by atoms with Crippen molar-refractivity contribution < 1.29 is 19.1 Å². The summed E-state index contributed by atoms with van der Waals surface area (Å²) in [4.78, 5) is 37.1. The molecule has 2 aromatic carbocycles. The van der Waals surface area contributed by atoms with Crippen molar-refractivity contribution in [3.8, 4) is 0 Å². The zero-order chi connectivity index (χ0) is 18.4. The number of nitrogens with one attached hydrogen (secondary N) is 1. The predicted molar refractivity (Wildman–Crippen MR) is 92.9 cm³/mol. The number of hydrogen-bond donors (Lipinski definition) is 2. The molecule has 0 aliphatic carbocycles. The molecule has 25 heavy (non-hydrogen) atoms. The van der Waals surface area contributed by atoms with Gasteiger partial charge in [-0.15, -0.1) is 0 Å². The van der Waals surface area contributed by atoms with Crippen LogP contribution in [0.3, 0.4) is 0 Å². The zero-order valence-electron chi connectivity index (χ0n) is 13.9. The third kappa shape index (κ3) is 4.81. The van der Waals surface area contributed by atoms with Crippen LogP contribution in [0.5, 0.6) is 0 Å². The Kier molecular flexibility index (Phi) is 5.73. The number of primary amides is 1. The van der Waals surface area contributed by atoms with Crippen molar-refractivity contribution in [2.75, 3.05) is 19.4 Å². The van der Waals surface area contributed by atoms with Crippen LogP contribution in [-0.2, 0) is 9.53 Å². The number of urea groups is 1. The molecule has 2 aromatic rings. The van der Waals surface area contributed by atoms with Gasteiger partial charge in [0.15, 0.2) is 0 Å². The molecule has 0 spiro atoms. The standard InChI is InChI=1S/C18H19N3O4/c1-21(2)16(22)15(12-7-4-3-5-8-12)25-17(23)13-9-6-10-14(11-13)20-18(19)24/h3-11,15H,1-2H3,(H3,19,20,24)/t15-/m1/s1. The van der Waals surface area contributed by atoms with Crippen molar-refractivity contribution in [3.63, 3.8) is 0 Å². The third-order valence-electron chi connectivity index (χ3n) is 3.36. The summed E-state index contributed by atoms with van der Waals surface area (Å²) in [6.45, 7) is 0. The summed E-state index contributed by atoms with van der Waals surface area (Å²) in [7, 11) is 3.17. The smallest absolute Gasteiger partial charge is 0.339 e. The van der Waals surface area contributed by atoms with Gasteiger partial charge in [0, 0.05) is 25.3 Å². The normalized spacial score (nSPS) is 11.3. The van der Waals surface area contributed by atoms with Crippen LogP contribution in [0.15, 0.2) is 54.6 Å². The minimum atomic E-state index is -1.06. The van der Waals surface area contributed by atoms with Crippen molar-refractivity contribution in [3.05, 3.63) is 65.7 Å². The second-order valence-electron chi connectivity index (χ2n) is 5.50. The number of amides is 3. The Morgan fingerprint density at radius 3 is 2.32 bits per heavy atom. The number of carbonyl (C=O) groups is 3. The lowest BCUT2D eigenvalue weighted by Crippen LogP contribution is -2.31. The highest BCUT2D eigenvalue weighted by molar-refractivity contribution is 5.95. The van der Waals surface area contributed by atoms with Crippen LogP contribution in [0, 0.1) is 0 Å². The first kappa shape index (κ1) is 18.0. The van der Waals surface area contributed by atoms with Gasteiger partial charge in [-0.2, -0.15) is 0 Å². The van der Waals surface area contributed by atoms with E-state index in [1.165, 1.54) is 17.0 Å². The average molecular weight is 341 g/mol. The highest BCUT2D eigenvalue weighted by Gasteiger charge is 2.27. The van der Waals surface area contributed by atoms with Crippen molar-refractivity contribution in [2.45, 2.75) is 6.10 Å². The van der Waals surface area contributed by atoms with Crippen molar-refractivity contribution in [1.82, 2.24) is 4.90 Å². The topological polar surface area (TPSA) is 102 Å². The van der Waals surface area contributed by atoms with E-state index < -0.39 is 18.1 Å². The average Bonchev–Trinajstić information content (AvgIpc) is 2.59. The largest absolute Gasteiger partial charge is 0.444 e. The van der Waals surface area contributed by atoms with Gasteiger partial charge in [0.1, 0.15) is 0 Å². The van der Waals surface area contributed by atoms with E-state index in [0.717, 1.165) is 0 Å². The molecule has 0 heterocycles. The lowest BCUT2D eigenvalue weighted by molar-refractivity contribution is -0.138. The summed E-state index contributed by atoms with van der Waals surface area (Å²) >= 11 is 0. The van der Waals surface area contributed by atoms with E-state index in [2.05, 4.69) is 5.32 Å².